The molecule has 0 bridgehead atoms. The van der Waals surface area contributed by atoms with Crippen LogP contribution in [0.15, 0.2) is 126 Å². The summed E-state index contributed by atoms with van der Waals surface area (Å²) in [5.74, 6) is -0.775. The number of para-hydroxylation sites is 2. The van der Waals surface area contributed by atoms with Gasteiger partial charge in [0.2, 0.25) is 11.8 Å². The zero-order chi connectivity index (χ0) is 37.9. The van der Waals surface area contributed by atoms with Gasteiger partial charge in [0.15, 0.2) is 6.29 Å². The maximum atomic E-state index is 12.6. The molecule has 54 heavy (non-hydrogen) atoms. The number of hydrogen-bond donors (Lipinski definition) is 5. The number of hydrogen-bond acceptors (Lipinski definition) is 8. The fourth-order valence-corrected chi connectivity index (χ4v) is 7.29. The monoisotopic (exact) mass is 745 g/mol. The Morgan fingerprint density at radius 1 is 0.759 bits per heavy atom. The highest BCUT2D eigenvalue weighted by molar-refractivity contribution is 7.99. The lowest BCUT2D eigenvalue weighted by molar-refractivity contribution is -0.245. The van der Waals surface area contributed by atoms with Gasteiger partial charge in [-0.3, -0.25) is 9.59 Å². The zero-order valence-corrected chi connectivity index (χ0v) is 30.5. The number of rotatable bonds is 15. The quantitative estimate of drug-likeness (QED) is 0.0531. The summed E-state index contributed by atoms with van der Waals surface area (Å²) in [6.45, 7) is 0.293. The third-order valence-corrected chi connectivity index (χ3v) is 10.3. The Kier molecular flexibility index (Phi) is 13.1. The van der Waals surface area contributed by atoms with E-state index in [4.69, 9.17) is 15.2 Å². The van der Waals surface area contributed by atoms with E-state index >= 15 is 0 Å². The summed E-state index contributed by atoms with van der Waals surface area (Å²) in [5, 5.41) is 25.0. The van der Waals surface area contributed by atoms with Crippen LogP contribution < -0.4 is 16.4 Å². The maximum absolute atomic E-state index is 12.6. The Balaban J connectivity index is 1.09. The summed E-state index contributed by atoms with van der Waals surface area (Å²) in [4.78, 5) is 37.4. The number of nitrogens with one attached hydrogen (secondary N) is 2. The Morgan fingerprint density at radius 3 is 2.26 bits per heavy atom. The van der Waals surface area contributed by atoms with Gasteiger partial charge in [-0.2, -0.15) is 0 Å². The smallest absolute Gasteiger partial charge is 0.336 e. The Labute approximate surface area is 318 Å². The molecule has 0 aromatic heterocycles. The predicted octanol–water partition coefficient (Wildman–Crippen LogP) is 7.89. The van der Waals surface area contributed by atoms with Crippen molar-refractivity contribution in [1.82, 2.24) is 5.32 Å². The number of ether oxygens (including phenoxy) is 2. The second kappa shape index (κ2) is 18.5. The minimum atomic E-state index is -0.971. The fraction of sp³-hybridized carbons (Fsp3) is 0.233. The summed E-state index contributed by atoms with van der Waals surface area (Å²) < 4.78 is 13.1. The van der Waals surface area contributed by atoms with Gasteiger partial charge in [0.05, 0.1) is 35.8 Å². The van der Waals surface area contributed by atoms with E-state index in [1.807, 2.05) is 84.9 Å². The van der Waals surface area contributed by atoms with Gasteiger partial charge in [-0.1, -0.05) is 84.9 Å². The number of amides is 2. The zero-order valence-electron chi connectivity index (χ0n) is 29.7. The SMILES string of the molecule is Nc1ccccc1NC(=O)CCCC(=O)NCc1cccc(-c2cccc([C@@H]3O[C@H](CSc4ccccc4C(=O)O)C[C@H](c4ccc(CO)cc4)O3)c2)c1. The molecule has 0 saturated carbocycles. The highest BCUT2D eigenvalue weighted by Crippen LogP contribution is 2.40. The minimum absolute atomic E-state index is 0.0492. The summed E-state index contributed by atoms with van der Waals surface area (Å²) >= 11 is 1.45. The molecule has 1 fully saturated rings. The van der Waals surface area contributed by atoms with Crippen LogP contribution in [0, 0.1) is 0 Å². The normalized spacial score (nSPS) is 16.7. The third kappa shape index (κ3) is 10.4. The van der Waals surface area contributed by atoms with Crippen molar-refractivity contribution in [2.24, 2.45) is 0 Å². The number of benzene rings is 5. The van der Waals surface area contributed by atoms with Gasteiger partial charge in [0, 0.05) is 42.0 Å². The van der Waals surface area contributed by atoms with Crippen LogP contribution in [-0.4, -0.2) is 39.9 Å². The van der Waals surface area contributed by atoms with E-state index in [1.54, 1.807) is 36.4 Å². The van der Waals surface area contributed by atoms with Crippen LogP contribution in [0.4, 0.5) is 11.4 Å². The molecule has 1 saturated heterocycles. The molecule has 5 aromatic rings. The van der Waals surface area contributed by atoms with Crippen LogP contribution in [0.5, 0.6) is 0 Å². The molecule has 1 aliphatic rings. The second-order valence-corrected chi connectivity index (χ2v) is 14.1. The van der Waals surface area contributed by atoms with Gasteiger partial charge in [-0.15, -0.1) is 11.8 Å². The molecule has 1 heterocycles. The number of nitrogens with two attached hydrogens (primary N) is 1. The van der Waals surface area contributed by atoms with Gasteiger partial charge < -0.3 is 36.1 Å². The molecule has 3 atom stereocenters. The van der Waals surface area contributed by atoms with Gasteiger partial charge in [-0.25, -0.2) is 4.79 Å². The Morgan fingerprint density at radius 2 is 1.48 bits per heavy atom. The number of carbonyl (C=O) groups is 3. The van der Waals surface area contributed by atoms with Gasteiger partial charge in [0.25, 0.3) is 0 Å². The Hall–Kier alpha value is -5.46. The summed E-state index contributed by atoms with van der Waals surface area (Å²) in [5.41, 5.74) is 12.7. The van der Waals surface area contributed by atoms with Crippen LogP contribution in [-0.2, 0) is 32.2 Å². The van der Waals surface area contributed by atoms with Crippen LogP contribution in [0.3, 0.4) is 0 Å². The van der Waals surface area contributed by atoms with E-state index in [9.17, 15) is 24.6 Å². The van der Waals surface area contributed by atoms with Crippen LogP contribution >= 0.6 is 11.8 Å². The number of carboxylic acids is 1. The lowest BCUT2D eigenvalue weighted by Gasteiger charge is -2.36. The number of anilines is 2. The van der Waals surface area contributed by atoms with Crippen molar-refractivity contribution in [3.63, 3.8) is 0 Å². The van der Waals surface area contributed by atoms with E-state index in [0.29, 0.717) is 41.4 Å². The molecule has 1 aliphatic heterocycles. The highest BCUT2D eigenvalue weighted by Gasteiger charge is 2.32. The first-order chi connectivity index (χ1) is 26.2. The first kappa shape index (κ1) is 38.3. The van der Waals surface area contributed by atoms with Crippen molar-refractivity contribution < 1.29 is 34.1 Å². The summed E-state index contributed by atoms with van der Waals surface area (Å²) in [6.07, 6.45) is 0.190. The van der Waals surface area contributed by atoms with Gasteiger partial charge in [0.1, 0.15) is 0 Å². The Bertz CT molecular complexity index is 2070. The average Bonchev–Trinajstić information content (AvgIpc) is 3.20. The van der Waals surface area contributed by atoms with Crippen molar-refractivity contribution in [3.8, 4) is 11.1 Å². The van der Waals surface area contributed by atoms with Gasteiger partial charge in [-0.05, 0) is 70.6 Å². The number of thioether (sulfide) groups is 1. The lowest BCUT2D eigenvalue weighted by atomic mass is 9.99. The van der Waals surface area contributed by atoms with Crippen molar-refractivity contribution in [2.45, 2.75) is 62.2 Å². The molecule has 6 N–H and O–H groups in total. The predicted molar refractivity (Wildman–Crippen MR) is 210 cm³/mol. The maximum Gasteiger partial charge on any atom is 0.336 e. The van der Waals surface area contributed by atoms with Crippen molar-refractivity contribution in [3.05, 3.63) is 149 Å². The van der Waals surface area contributed by atoms with Crippen LogP contribution in [0.1, 0.15) is 70.7 Å². The molecule has 6 rings (SSSR count). The molecule has 0 unspecified atom stereocenters. The van der Waals surface area contributed by atoms with E-state index in [1.165, 1.54) is 11.8 Å². The van der Waals surface area contributed by atoms with Crippen LogP contribution in [0.2, 0.25) is 0 Å². The van der Waals surface area contributed by atoms with E-state index in [2.05, 4.69) is 10.6 Å². The number of nitrogen functional groups attached to an aromatic ring is 1. The van der Waals surface area contributed by atoms with Crippen LogP contribution in [0.25, 0.3) is 11.1 Å². The van der Waals surface area contributed by atoms with Gasteiger partial charge >= 0.3 is 5.97 Å². The second-order valence-electron chi connectivity index (χ2n) is 13.1. The average molecular weight is 746 g/mol. The summed E-state index contributed by atoms with van der Waals surface area (Å²) in [6, 6.07) is 37.6. The molecular weight excluding hydrogens is 703 g/mol. The highest BCUT2D eigenvalue weighted by atomic mass is 32.2. The standard InChI is InChI=1S/C43H43N3O7S/c44-36-13-2-3-14-37(36)46-41(49)17-7-16-40(48)45-25-29-8-5-9-31(22-29)32-10-6-11-33(23-32)43-52-34(27-54-39-15-4-1-12-35(39)42(50)51)24-38(53-43)30-20-18-28(26-47)19-21-30/h1-6,8-15,18-23,34,38,43,47H,7,16-17,24-27,44H2,(H,45,48)(H,46,49)(H,50,51)/t34-,38+,43+/m0/s1. The topological polar surface area (TPSA) is 160 Å². The number of carboxylic acid groups (broad SMARTS) is 1. The molecule has 5 aromatic carbocycles. The van der Waals surface area contributed by atoms with Crippen molar-refractivity contribution >= 4 is 40.9 Å². The van der Waals surface area contributed by atoms with E-state index in [0.717, 1.165) is 33.4 Å². The number of aliphatic hydroxyl groups is 1. The lowest BCUT2D eigenvalue weighted by Crippen LogP contribution is -2.31. The summed E-state index contributed by atoms with van der Waals surface area (Å²) in [7, 11) is 0. The van der Waals surface area contributed by atoms with Crippen molar-refractivity contribution in [1.29, 1.82) is 0 Å². The minimum Gasteiger partial charge on any atom is -0.478 e. The molecule has 2 amide bonds. The first-order valence-corrected chi connectivity index (χ1v) is 18.8. The number of aromatic carboxylic acids is 1. The molecule has 10 nitrogen and oxygen atoms in total. The van der Waals surface area contributed by atoms with E-state index < -0.39 is 12.3 Å². The molecule has 0 radical (unpaired) electrons. The van der Waals surface area contributed by atoms with Crippen molar-refractivity contribution in [2.75, 3.05) is 16.8 Å². The molecule has 11 heteroatoms. The number of carbonyl (C=O) groups excluding carboxylic acids is 2. The third-order valence-electron chi connectivity index (χ3n) is 9.11. The first-order valence-electron chi connectivity index (χ1n) is 17.8. The fourth-order valence-electron chi connectivity index (χ4n) is 6.22. The largest absolute Gasteiger partial charge is 0.478 e. The molecular formula is C43H43N3O7S. The molecule has 0 spiro atoms. The molecule has 278 valence electrons. The number of aliphatic hydroxyl groups excluding tert-OH is 1. The molecule has 0 aliphatic carbocycles. The van der Waals surface area contributed by atoms with E-state index in [-0.39, 0.29) is 49.0 Å².